The van der Waals surface area contributed by atoms with Gasteiger partial charge in [-0.3, -0.25) is 9.36 Å². The largest absolute Gasteiger partial charge is 0.399 e. The van der Waals surface area contributed by atoms with Crippen molar-refractivity contribution in [3.8, 4) is 0 Å². The molecule has 0 unspecified atom stereocenters. The molecule has 34 heavy (non-hydrogen) atoms. The Bertz CT molecular complexity index is 1470. The maximum Gasteiger partial charge on any atom is 0.262 e. The highest BCUT2D eigenvalue weighted by molar-refractivity contribution is 5.83. The lowest BCUT2D eigenvalue weighted by molar-refractivity contribution is 0.620. The Labute approximate surface area is 198 Å². The third-order valence-electron chi connectivity index (χ3n) is 6.19. The summed E-state index contributed by atoms with van der Waals surface area (Å²) < 4.78 is 1.80. The summed E-state index contributed by atoms with van der Waals surface area (Å²) in [5.74, 6) is 0.673. The zero-order valence-electron chi connectivity index (χ0n) is 19.2. The van der Waals surface area contributed by atoms with E-state index in [9.17, 15) is 4.79 Å². The number of benzene rings is 4. The number of fused-ring (bicyclic) bond motifs is 1. The molecule has 1 aromatic heterocycles. The van der Waals surface area contributed by atoms with E-state index in [-0.39, 0.29) is 11.6 Å². The Morgan fingerprint density at radius 3 is 2.03 bits per heavy atom. The van der Waals surface area contributed by atoms with E-state index in [0.29, 0.717) is 22.4 Å². The Balaban J connectivity index is 1.70. The van der Waals surface area contributed by atoms with Gasteiger partial charge in [0.15, 0.2) is 0 Å². The molecule has 0 amide bonds. The fraction of sp³-hybridized carbons (Fsp3) is 0.103. The summed E-state index contributed by atoms with van der Waals surface area (Å²) in [5.41, 5.74) is 11.2. The van der Waals surface area contributed by atoms with Gasteiger partial charge in [-0.1, -0.05) is 66.7 Å². The van der Waals surface area contributed by atoms with Gasteiger partial charge in [-0.05, 0) is 54.4 Å². The first kappa shape index (κ1) is 21.5. The van der Waals surface area contributed by atoms with Crippen LogP contribution in [0.25, 0.3) is 10.9 Å². The molecule has 168 valence electrons. The topological polar surface area (TPSA) is 64.2 Å². The minimum atomic E-state index is -0.276. The Morgan fingerprint density at radius 2 is 1.41 bits per heavy atom. The Kier molecular flexibility index (Phi) is 5.60. The van der Waals surface area contributed by atoms with E-state index < -0.39 is 0 Å². The predicted octanol–water partition coefficient (Wildman–Crippen LogP) is 5.69. The summed E-state index contributed by atoms with van der Waals surface area (Å²) in [5, 5.41) is 0.579. The van der Waals surface area contributed by atoms with Crippen molar-refractivity contribution < 1.29 is 0 Å². The predicted molar refractivity (Wildman–Crippen MR) is 140 cm³/mol. The van der Waals surface area contributed by atoms with Crippen LogP contribution in [-0.2, 0) is 0 Å². The highest BCUT2D eigenvalue weighted by Crippen LogP contribution is 2.29. The van der Waals surface area contributed by atoms with Gasteiger partial charge in [0.05, 0.1) is 16.9 Å². The number of aryl methyl sites for hydroxylation is 1. The van der Waals surface area contributed by atoms with Crippen molar-refractivity contribution in [3.05, 3.63) is 130 Å². The number of nitrogens with two attached hydrogens (primary N) is 1. The lowest BCUT2D eigenvalue weighted by Crippen LogP contribution is -2.29. The molecule has 4 aromatic carbocycles. The van der Waals surface area contributed by atoms with Gasteiger partial charge in [-0.2, -0.15) is 0 Å². The van der Waals surface area contributed by atoms with Crippen molar-refractivity contribution in [2.45, 2.75) is 13.0 Å². The lowest BCUT2D eigenvalue weighted by Gasteiger charge is -2.24. The van der Waals surface area contributed by atoms with Gasteiger partial charge in [0.25, 0.3) is 5.56 Å². The summed E-state index contributed by atoms with van der Waals surface area (Å²) in [6.45, 7) is 1.90. The van der Waals surface area contributed by atoms with Crippen molar-refractivity contribution in [1.82, 2.24) is 9.55 Å². The second-order valence-corrected chi connectivity index (χ2v) is 8.41. The molecule has 1 heterocycles. The number of nitrogens with zero attached hydrogens (tertiary/aromatic N) is 3. The van der Waals surface area contributed by atoms with E-state index in [2.05, 4.69) is 24.3 Å². The molecule has 0 radical (unpaired) electrons. The highest BCUT2D eigenvalue weighted by atomic mass is 16.1. The molecule has 0 aliphatic heterocycles. The minimum absolute atomic E-state index is 0.0666. The van der Waals surface area contributed by atoms with Gasteiger partial charge >= 0.3 is 0 Å². The van der Waals surface area contributed by atoms with Crippen molar-refractivity contribution in [2.24, 2.45) is 0 Å². The van der Waals surface area contributed by atoms with Crippen LogP contribution >= 0.6 is 0 Å². The van der Waals surface area contributed by atoms with Crippen LogP contribution in [0, 0.1) is 6.92 Å². The molecule has 0 aliphatic carbocycles. The molecule has 0 bridgehead atoms. The van der Waals surface area contributed by atoms with E-state index in [0.717, 1.165) is 22.5 Å². The Morgan fingerprint density at radius 1 is 0.794 bits per heavy atom. The molecular weight excluding hydrogens is 420 g/mol. The summed E-state index contributed by atoms with van der Waals surface area (Å²) in [6, 6.07) is 33.4. The fourth-order valence-electron chi connectivity index (χ4n) is 4.45. The lowest BCUT2D eigenvalue weighted by atomic mass is 9.98. The first-order valence-electron chi connectivity index (χ1n) is 11.2. The molecule has 5 rings (SSSR count). The zero-order valence-corrected chi connectivity index (χ0v) is 19.2. The van der Waals surface area contributed by atoms with Crippen LogP contribution in [-0.4, -0.2) is 16.6 Å². The maximum absolute atomic E-state index is 14.0. The number of anilines is 3. The van der Waals surface area contributed by atoms with E-state index >= 15 is 0 Å². The van der Waals surface area contributed by atoms with Crippen molar-refractivity contribution in [1.29, 1.82) is 0 Å². The second kappa shape index (κ2) is 8.87. The molecule has 0 atom stereocenters. The van der Waals surface area contributed by atoms with E-state index in [4.69, 9.17) is 10.7 Å². The standard InChI is InChI=1S/C29H26N4O/c1-20-31-27-17-16-25(32(2)24-15-9-14-23(30)18-24)19-26(27)29(34)33(20)28(21-10-5-3-6-11-21)22-12-7-4-8-13-22/h3-19,28H,30H2,1-2H3. The Hall–Kier alpha value is -4.38. The SMILES string of the molecule is Cc1nc2ccc(N(C)c3cccc(N)c3)cc2c(=O)n1C(c1ccccc1)c1ccccc1. The second-order valence-electron chi connectivity index (χ2n) is 8.41. The van der Waals surface area contributed by atoms with Crippen LogP contribution in [0.4, 0.5) is 17.1 Å². The van der Waals surface area contributed by atoms with Gasteiger partial charge < -0.3 is 10.6 Å². The average molecular weight is 447 g/mol. The van der Waals surface area contributed by atoms with Crippen LogP contribution in [0.5, 0.6) is 0 Å². The molecule has 5 heteroatoms. The van der Waals surface area contributed by atoms with Crippen molar-refractivity contribution >= 4 is 28.0 Å². The molecular formula is C29H26N4O. The number of nitrogen functional groups attached to an aromatic ring is 1. The third-order valence-corrected chi connectivity index (χ3v) is 6.19. The maximum atomic E-state index is 14.0. The van der Waals surface area contributed by atoms with Crippen LogP contribution in [0.2, 0.25) is 0 Å². The number of aromatic nitrogens is 2. The molecule has 0 saturated heterocycles. The third kappa shape index (κ3) is 3.92. The summed E-state index contributed by atoms with van der Waals surface area (Å²) in [4.78, 5) is 20.8. The summed E-state index contributed by atoms with van der Waals surface area (Å²) in [6.07, 6.45) is 0. The van der Waals surface area contributed by atoms with Gasteiger partial charge in [0.1, 0.15) is 5.82 Å². The van der Waals surface area contributed by atoms with Crippen LogP contribution in [0.1, 0.15) is 23.0 Å². The van der Waals surface area contributed by atoms with Crippen molar-refractivity contribution in [2.75, 3.05) is 17.7 Å². The van der Waals surface area contributed by atoms with Gasteiger partial charge in [0, 0.05) is 24.1 Å². The monoisotopic (exact) mass is 446 g/mol. The molecule has 0 aliphatic rings. The summed E-state index contributed by atoms with van der Waals surface area (Å²) >= 11 is 0. The molecule has 5 nitrogen and oxygen atoms in total. The van der Waals surface area contributed by atoms with Gasteiger partial charge in [0.2, 0.25) is 0 Å². The van der Waals surface area contributed by atoms with Gasteiger partial charge in [-0.25, -0.2) is 4.98 Å². The first-order valence-corrected chi connectivity index (χ1v) is 11.2. The molecule has 0 spiro atoms. The zero-order chi connectivity index (χ0) is 23.7. The van der Waals surface area contributed by atoms with Gasteiger partial charge in [-0.15, -0.1) is 0 Å². The van der Waals surface area contributed by atoms with Crippen LogP contribution in [0.15, 0.2) is 108 Å². The summed E-state index contributed by atoms with van der Waals surface area (Å²) in [7, 11) is 1.97. The quantitative estimate of drug-likeness (QED) is 0.352. The minimum Gasteiger partial charge on any atom is -0.399 e. The number of hydrogen-bond acceptors (Lipinski definition) is 4. The number of hydrogen-bond donors (Lipinski definition) is 1. The molecule has 2 N–H and O–H groups in total. The fourth-order valence-corrected chi connectivity index (χ4v) is 4.45. The van der Waals surface area contributed by atoms with Crippen LogP contribution in [0.3, 0.4) is 0 Å². The normalized spacial score (nSPS) is 11.1. The highest BCUT2D eigenvalue weighted by Gasteiger charge is 2.21. The molecule has 0 saturated carbocycles. The van der Waals surface area contributed by atoms with Crippen molar-refractivity contribution in [3.63, 3.8) is 0 Å². The van der Waals surface area contributed by atoms with Crippen LogP contribution < -0.4 is 16.2 Å². The molecule has 5 aromatic rings. The van der Waals surface area contributed by atoms with E-state index in [1.54, 1.807) is 4.57 Å². The average Bonchev–Trinajstić information content (AvgIpc) is 2.87. The van der Waals surface area contributed by atoms with E-state index in [1.807, 2.05) is 97.7 Å². The smallest absolute Gasteiger partial charge is 0.262 e. The molecule has 0 fully saturated rings. The van der Waals surface area contributed by atoms with E-state index in [1.165, 1.54) is 0 Å². The number of rotatable bonds is 5. The first-order chi connectivity index (χ1) is 16.5.